The monoisotopic (exact) mass is 441 g/mol. The first kappa shape index (κ1) is 21.8. The van der Waals surface area contributed by atoms with Crippen LogP contribution < -0.4 is 15.5 Å². The summed E-state index contributed by atoms with van der Waals surface area (Å²) >= 11 is 0. The predicted molar refractivity (Wildman–Crippen MR) is 121 cm³/mol. The third-order valence-electron chi connectivity index (χ3n) is 6.58. The molecule has 2 N–H and O–H groups in total. The summed E-state index contributed by atoms with van der Waals surface area (Å²) in [6.07, 6.45) is 5.55. The Labute approximate surface area is 188 Å². The Kier molecular flexibility index (Phi) is 6.33. The van der Waals surface area contributed by atoms with Crippen molar-refractivity contribution in [1.82, 2.24) is 15.6 Å². The van der Waals surface area contributed by atoms with Gasteiger partial charge in [-0.1, -0.05) is 0 Å². The minimum atomic E-state index is -0.511. The molecule has 5 rings (SSSR count). The van der Waals surface area contributed by atoms with Crippen molar-refractivity contribution in [2.24, 2.45) is 0 Å². The summed E-state index contributed by atoms with van der Waals surface area (Å²) in [5.74, 6) is -0.0195. The van der Waals surface area contributed by atoms with Crippen LogP contribution in [0.4, 0.5) is 5.69 Å². The van der Waals surface area contributed by atoms with Gasteiger partial charge in [-0.05, 0) is 56.9 Å². The van der Waals surface area contributed by atoms with Crippen molar-refractivity contribution in [2.45, 2.75) is 62.9 Å². The average Bonchev–Trinajstić information content (AvgIpc) is 3.10. The van der Waals surface area contributed by atoms with E-state index in [0.717, 1.165) is 23.9 Å². The van der Waals surface area contributed by atoms with Crippen molar-refractivity contribution in [3.05, 3.63) is 36.0 Å². The standard InChI is InChI=1S/C23H27N5O2.ClH/c1-14-12-28(20-7-4-15(11-24)22-19(20)3-2-8-25-22)13-21(30-14)23(29)27-18-9-16-5-6-17(10-18)26-16;/h2-4,7-8,14,16-18,21,26H,5-6,9-10,12-13H2,1H3,(H,27,29);1H/t14?,16-,17-,21?;/m1./s1. The molecule has 3 aliphatic rings. The number of pyridine rings is 1. The molecular formula is C23H28ClN5O2. The van der Waals surface area contributed by atoms with Crippen molar-refractivity contribution < 1.29 is 9.53 Å². The number of piperidine rings is 1. The van der Waals surface area contributed by atoms with Gasteiger partial charge in [-0.15, -0.1) is 12.4 Å². The lowest BCUT2D eigenvalue weighted by molar-refractivity contribution is -0.138. The molecule has 3 aliphatic heterocycles. The quantitative estimate of drug-likeness (QED) is 0.760. The normalized spacial score (nSPS) is 29.8. The van der Waals surface area contributed by atoms with Gasteiger partial charge in [-0.2, -0.15) is 5.26 Å². The van der Waals surface area contributed by atoms with Crippen molar-refractivity contribution in [2.75, 3.05) is 18.0 Å². The van der Waals surface area contributed by atoms with Gasteiger partial charge in [-0.3, -0.25) is 9.78 Å². The first-order valence-electron chi connectivity index (χ1n) is 10.9. The van der Waals surface area contributed by atoms with E-state index in [4.69, 9.17) is 4.74 Å². The molecule has 164 valence electrons. The van der Waals surface area contributed by atoms with Gasteiger partial charge in [0.1, 0.15) is 6.07 Å². The molecule has 3 saturated heterocycles. The largest absolute Gasteiger partial charge is 0.365 e. The molecule has 0 radical (unpaired) electrons. The molecule has 2 bridgehead atoms. The summed E-state index contributed by atoms with van der Waals surface area (Å²) in [5.41, 5.74) is 2.25. The zero-order valence-electron chi connectivity index (χ0n) is 17.6. The second kappa shape index (κ2) is 8.99. The smallest absolute Gasteiger partial charge is 0.251 e. The lowest BCUT2D eigenvalue weighted by Crippen LogP contribution is -2.56. The summed E-state index contributed by atoms with van der Waals surface area (Å²) in [6.45, 7) is 3.18. The van der Waals surface area contributed by atoms with Crippen molar-refractivity contribution >= 4 is 34.9 Å². The molecule has 0 saturated carbocycles. The Balaban J connectivity index is 0.00000231. The van der Waals surface area contributed by atoms with Crippen LogP contribution in [0.3, 0.4) is 0 Å². The van der Waals surface area contributed by atoms with Crippen molar-refractivity contribution in [1.29, 1.82) is 5.26 Å². The Bertz CT molecular complexity index is 997. The van der Waals surface area contributed by atoms with E-state index < -0.39 is 6.10 Å². The fourth-order valence-corrected chi connectivity index (χ4v) is 5.29. The molecule has 2 aromatic rings. The Hall–Kier alpha value is -2.40. The number of hydrogen-bond acceptors (Lipinski definition) is 6. The molecule has 8 heteroatoms. The lowest BCUT2D eigenvalue weighted by Gasteiger charge is -2.39. The van der Waals surface area contributed by atoms with Crippen LogP contribution in [0.5, 0.6) is 0 Å². The number of hydrogen-bond donors (Lipinski definition) is 2. The number of carbonyl (C=O) groups is 1. The number of nitriles is 1. The van der Waals surface area contributed by atoms with Crippen LogP contribution >= 0.6 is 12.4 Å². The summed E-state index contributed by atoms with van der Waals surface area (Å²) < 4.78 is 6.03. The number of fused-ring (bicyclic) bond motifs is 3. The molecule has 2 unspecified atom stereocenters. The number of carbonyl (C=O) groups excluding carboxylic acids is 1. The molecule has 1 aromatic heterocycles. The van der Waals surface area contributed by atoms with Gasteiger partial charge in [0.25, 0.3) is 5.91 Å². The minimum absolute atomic E-state index is 0. The number of ether oxygens (including phenoxy) is 1. The van der Waals surface area contributed by atoms with Gasteiger partial charge < -0.3 is 20.3 Å². The molecule has 1 aromatic carbocycles. The number of rotatable bonds is 3. The fraction of sp³-hybridized carbons (Fsp3) is 0.522. The molecule has 1 amide bonds. The summed E-state index contributed by atoms with van der Waals surface area (Å²) in [6, 6.07) is 11.2. The summed E-state index contributed by atoms with van der Waals surface area (Å²) in [4.78, 5) is 19.7. The first-order chi connectivity index (χ1) is 14.6. The van der Waals surface area contributed by atoms with E-state index in [-0.39, 0.29) is 30.5 Å². The van der Waals surface area contributed by atoms with Crippen molar-refractivity contribution in [3.63, 3.8) is 0 Å². The van der Waals surface area contributed by atoms with Crippen molar-refractivity contribution in [3.8, 4) is 6.07 Å². The average molecular weight is 442 g/mol. The Morgan fingerprint density at radius 2 is 2.03 bits per heavy atom. The van der Waals surface area contributed by atoms with Crippen LogP contribution in [0.2, 0.25) is 0 Å². The van der Waals surface area contributed by atoms with E-state index in [1.54, 1.807) is 6.20 Å². The molecule has 4 heterocycles. The van der Waals surface area contributed by atoms with Gasteiger partial charge >= 0.3 is 0 Å². The van der Waals surface area contributed by atoms with Crippen LogP contribution in [-0.4, -0.2) is 54.3 Å². The molecular weight excluding hydrogens is 414 g/mol. The van der Waals surface area contributed by atoms with Gasteiger partial charge in [0.15, 0.2) is 6.10 Å². The van der Waals surface area contributed by atoms with Crippen LogP contribution in [0.15, 0.2) is 30.5 Å². The molecule has 31 heavy (non-hydrogen) atoms. The van der Waals surface area contributed by atoms with Crippen LogP contribution in [0, 0.1) is 11.3 Å². The van der Waals surface area contributed by atoms with E-state index in [1.807, 2.05) is 31.2 Å². The molecule has 7 nitrogen and oxygen atoms in total. The van der Waals surface area contributed by atoms with Crippen LogP contribution in [0.25, 0.3) is 10.9 Å². The SMILES string of the molecule is CC1CN(c2ccc(C#N)c3ncccc23)CC(C(=O)NC2C[C@H]3CC[C@H](C2)N3)O1.Cl. The number of halogens is 1. The van der Waals surface area contributed by atoms with Gasteiger partial charge in [0.2, 0.25) is 0 Å². The highest BCUT2D eigenvalue weighted by Crippen LogP contribution is 2.31. The number of benzene rings is 1. The number of anilines is 1. The molecule has 0 aliphatic carbocycles. The number of amides is 1. The van der Waals surface area contributed by atoms with E-state index in [9.17, 15) is 10.1 Å². The number of nitrogens with one attached hydrogen (secondary N) is 2. The highest BCUT2D eigenvalue weighted by molar-refractivity contribution is 5.95. The second-order valence-electron chi connectivity index (χ2n) is 8.80. The molecule has 4 atom stereocenters. The van der Waals surface area contributed by atoms with Gasteiger partial charge in [-0.25, -0.2) is 0 Å². The predicted octanol–water partition coefficient (Wildman–Crippen LogP) is 2.52. The minimum Gasteiger partial charge on any atom is -0.365 e. The third kappa shape index (κ3) is 4.33. The van der Waals surface area contributed by atoms with E-state index in [1.165, 1.54) is 12.8 Å². The molecule has 3 fully saturated rings. The zero-order valence-corrected chi connectivity index (χ0v) is 18.4. The highest BCUT2D eigenvalue weighted by Gasteiger charge is 2.37. The summed E-state index contributed by atoms with van der Waals surface area (Å²) in [5, 5.41) is 17.2. The Morgan fingerprint density at radius 3 is 2.77 bits per heavy atom. The van der Waals surface area contributed by atoms with E-state index >= 15 is 0 Å². The van der Waals surface area contributed by atoms with Gasteiger partial charge in [0, 0.05) is 41.9 Å². The number of aromatic nitrogens is 1. The van der Waals surface area contributed by atoms with Crippen LogP contribution in [-0.2, 0) is 9.53 Å². The lowest BCUT2D eigenvalue weighted by atomic mass is 9.99. The number of morpholine rings is 1. The topological polar surface area (TPSA) is 90.3 Å². The molecule has 0 spiro atoms. The fourth-order valence-electron chi connectivity index (χ4n) is 5.29. The van der Waals surface area contributed by atoms with E-state index in [0.29, 0.717) is 36.3 Å². The maximum Gasteiger partial charge on any atom is 0.251 e. The number of nitrogens with zero attached hydrogens (tertiary/aromatic N) is 3. The second-order valence-corrected chi connectivity index (χ2v) is 8.80. The maximum absolute atomic E-state index is 13.0. The first-order valence-corrected chi connectivity index (χ1v) is 10.9. The van der Waals surface area contributed by atoms with E-state index in [2.05, 4.69) is 26.6 Å². The Morgan fingerprint density at radius 1 is 1.26 bits per heavy atom. The maximum atomic E-state index is 13.0. The third-order valence-corrected chi connectivity index (χ3v) is 6.58. The van der Waals surface area contributed by atoms with Gasteiger partial charge in [0.05, 0.1) is 23.7 Å². The zero-order chi connectivity index (χ0) is 20.7. The highest BCUT2D eigenvalue weighted by atomic mass is 35.5. The van der Waals surface area contributed by atoms with Crippen LogP contribution in [0.1, 0.15) is 38.2 Å². The summed E-state index contributed by atoms with van der Waals surface area (Å²) in [7, 11) is 0.